The minimum absolute atomic E-state index is 0.260. The molecule has 1 aliphatic carbocycles. The van der Waals surface area contributed by atoms with Crippen molar-refractivity contribution in [2.24, 2.45) is 0 Å². The van der Waals surface area contributed by atoms with Crippen molar-refractivity contribution in [1.29, 1.82) is 0 Å². The standard InChI is InChI=1S/C16H14N2O4/c19-15(8-6-14-7-9-16(22-14)18(20)21)17-13-5-4-11-2-1-3-12(11)10-13/h4-10H,1-3H2,(H,17,19)/b8-6+. The van der Waals surface area contributed by atoms with Gasteiger partial charge in [-0.1, -0.05) is 6.07 Å². The van der Waals surface area contributed by atoms with E-state index in [1.165, 1.54) is 35.4 Å². The van der Waals surface area contributed by atoms with Crippen LogP contribution in [0.4, 0.5) is 11.6 Å². The van der Waals surface area contributed by atoms with Crippen LogP contribution in [0.3, 0.4) is 0 Å². The van der Waals surface area contributed by atoms with Gasteiger partial charge in [0.25, 0.3) is 0 Å². The van der Waals surface area contributed by atoms with Gasteiger partial charge in [-0.15, -0.1) is 0 Å². The summed E-state index contributed by atoms with van der Waals surface area (Å²) in [7, 11) is 0. The third-order valence-corrected chi connectivity index (χ3v) is 3.56. The molecule has 1 heterocycles. The highest BCUT2D eigenvalue weighted by Gasteiger charge is 2.12. The second kappa shape index (κ2) is 5.85. The molecule has 0 bridgehead atoms. The SMILES string of the molecule is O=C(/C=C/c1ccc([N+](=O)[O-])o1)Nc1ccc2c(c1)CCC2. The molecule has 1 aromatic heterocycles. The molecule has 1 aromatic carbocycles. The largest absolute Gasteiger partial charge is 0.433 e. The fourth-order valence-corrected chi connectivity index (χ4v) is 2.52. The van der Waals surface area contributed by atoms with Crippen molar-refractivity contribution in [3.63, 3.8) is 0 Å². The van der Waals surface area contributed by atoms with Crippen LogP contribution in [0, 0.1) is 10.1 Å². The summed E-state index contributed by atoms with van der Waals surface area (Å²) in [5.41, 5.74) is 3.38. The van der Waals surface area contributed by atoms with E-state index in [1.807, 2.05) is 18.2 Å². The Morgan fingerprint density at radius 1 is 1.23 bits per heavy atom. The lowest BCUT2D eigenvalue weighted by atomic mass is 10.1. The molecular formula is C16H14N2O4. The number of amides is 1. The fourth-order valence-electron chi connectivity index (χ4n) is 2.52. The summed E-state index contributed by atoms with van der Waals surface area (Å²) in [5, 5.41) is 13.3. The Labute approximate surface area is 126 Å². The molecule has 6 nitrogen and oxygen atoms in total. The number of nitro groups is 1. The summed E-state index contributed by atoms with van der Waals surface area (Å²) in [6, 6.07) is 8.60. The van der Waals surface area contributed by atoms with Crippen LogP contribution in [-0.4, -0.2) is 10.8 Å². The zero-order chi connectivity index (χ0) is 15.5. The van der Waals surface area contributed by atoms with Crippen LogP contribution in [-0.2, 0) is 17.6 Å². The van der Waals surface area contributed by atoms with Gasteiger partial charge in [0, 0.05) is 11.8 Å². The van der Waals surface area contributed by atoms with E-state index in [9.17, 15) is 14.9 Å². The lowest BCUT2D eigenvalue weighted by Crippen LogP contribution is -2.07. The molecule has 112 valence electrons. The van der Waals surface area contributed by atoms with Crippen LogP contribution < -0.4 is 5.32 Å². The van der Waals surface area contributed by atoms with Gasteiger partial charge in [0.1, 0.15) is 10.7 Å². The predicted octanol–water partition coefficient (Wildman–Crippen LogP) is 3.33. The van der Waals surface area contributed by atoms with Crippen molar-refractivity contribution in [2.45, 2.75) is 19.3 Å². The van der Waals surface area contributed by atoms with E-state index in [4.69, 9.17) is 4.42 Å². The van der Waals surface area contributed by atoms with E-state index >= 15 is 0 Å². The Morgan fingerprint density at radius 2 is 2.05 bits per heavy atom. The van der Waals surface area contributed by atoms with E-state index in [0.29, 0.717) is 0 Å². The van der Waals surface area contributed by atoms with Crippen molar-refractivity contribution >= 4 is 23.6 Å². The minimum atomic E-state index is -0.623. The number of hydrogen-bond acceptors (Lipinski definition) is 4. The van der Waals surface area contributed by atoms with E-state index in [2.05, 4.69) is 5.32 Å². The van der Waals surface area contributed by atoms with Crippen molar-refractivity contribution in [3.05, 3.63) is 63.4 Å². The zero-order valence-corrected chi connectivity index (χ0v) is 11.7. The zero-order valence-electron chi connectivity index (χ0n) is 11.7. The highest BCUT2D eigenvalue weighted by molar-refractivity contribution is 6.01. The van der Waals surface area contributed by atoms with Crippen LogP contribution in [0.1, 0.15) is 23.3 Å². The first-order chi connectivity index (χ1) is 10.6. The molecule has 1 aliphatic rings. The summed E-state index contributed by atoms with van der Waals surface area (Å²) in [6.07, 6.45) is 5.99. The number of carbonyl (C=O) groups excluding carboxylic acids is 1. The molecule has 0 radical (unpaired) electrons. The lowest BCUT2D eigenvalue weighted by molar-refractivity contribution is -0.402. The molecule has 0 fully saturated rings. The average Bonchev–Trinajstić information content (AvgIpc) is 3.13. The van der Waals surface area contributed by atoms with E-state index in [0.717, 1.165) is 24.9 Å². The highest BCUT2D eigenvalue weighted by Crippen LogP contribution is 2.25. The molecule has 0 unspecified atom stereocenters. The molecule has 0 saturated heterocycles. The normalized spacial score (nSPS) is 13.3. The number of carbonyl (C=O) groups is 1. The Hall–Kier alpha value is -2.89. The molecule has 0 saturated carbocycles. The van der Waals surface area contributed by atoms with Gasteiger partial charge in [-0.3, -0.25) is 14.9 Å². The number of fused-ring (bicyclic) bond motifs is 1. The highest BCUT2D eigenvalue weighted by atomic mass is 16.6. The maximum Gasteiger partial charge on any atom is 0.433 e. The smallest absolute Gasteiger partial charge is 0.401 e. The van der Waals surface area contributed by atoms with Crippen molar-refractivity contribution in [3.8, 4) is 0 Å². The monoisotopic (exact) mass is 298 g/mol. The van der Waals surface area contributed by atoms with Crippen LogP contribution >= 0.6 is 0 Å². The van der Waals surface area contributed by atoms with Gasteiger partial charge < -0.3 is 9.73 Å². The molecule has 6 heteroatoms. The molecule has 0 atom stereocenters. The second-order valence-electron chi connectivity index (χ2n) is 5.09. The number of furan rings is 1. The molecule has 2 aromatic rings. The van der Waals surface area contributed by atoms with Gasteiger partial charge in [0.05, 0.1) is 6.07 Å². The molecule has 22 heavy (non-hydrogen) atoms. The van der Waals surface area contributed by atoms with Crippen molar-refractivity contribution < 1.29 is 14.1 Å². The second-order valence-corrected chi connectivity index (χ2v) is 5.09. The third kappa shape index (κ3) is 3.06. The number of hydrogen-bond donors (Lipinski definition) is 1. The fraction of sp³-hybridized carbons (Fsp3) is 0.188. The Morgan fingerprint density at radius 3 is 2.82 bits per heavy atom. The Kier molecular flexibility index (Phi) is 3.74. The van der Waals surface area contributed by atoms with Gasteiger partial charge in [0.2, 0.25) is 5.91 Å². The van der Waals surface area contributed by atoms with Crippen molar-refractivity contribution in [1.82, 2.24) is 0 Å². The number of anilines is 1. The Bertz CT molecular complexity index is 761. The average molecular weight is 298 g/mol. The molecular weight excluding hydrogens is 284 g/mol. The summed E-state index contributed by atoms with van der Waals surface area (Å²) in [5.74, 6) is -0.397. The van der Waals surface area contributed by atoms with Gasteiger partial charge >= 0.3 is 5.88 Å². The van der Waals surface area contributed by atoms with E-state index in [-0.39, 0.29) is 17.6 Å². The lowest BCUT2D eigenvalue weighted by Gasteiger charge is -2.05. The van der Waals surface area contributed by atoms with Crippen LogP contribution in [0.2, 0.25) is 0 Å². The molecule has 3 rings (SSSR count). The summed E-state index contributed by atoms with van der Waals surface area (Å²) in [4.78, 5) is 21.7. The van der Waals surface area contributed by atoms with Crippen LogP contribution in [0.5, 0.6) is 0 Å². The number of aryl methyl sites for hydroxylation is 2. The topological polar surface area (TPSA) is 85.4 Å². The maximum atomic E-state index is 11.9. The molecule has 0 aliphatic heterocycles. The summed E-state index contributed by atoms with van der Waals surface area (Å²) >= 11 is 0. The van der Waals surface area contributed by atoms with Gasteiger partial charge in [-0.2, -0.15) is 0 Å². The number of rotatable bonds is 4. The first kappa shape index (κ1) is 14.1. The number of nitrogens with one attached hydrogen (secondary N) is 1. The predicted molar refractivity (Wildman–Crippen MR) is 81.5 cm³/mol. The van der Waals surface area contributed by atoms with Crippen molar-refractivity contribution in [2.75, 3.05) is 5.32 Å². The molecule has 1 amide bonds. The quantitative estimate of drug-likeness (QED) is 0.533. The van der Waals surface area contributed by atoms with Crippen LogP contribution in [0.15, 0.2) is 40.8 Å². The van der Waals surface area contributed by atoms with E-state index < -0.39 is 4.92 Å². The van der Waals surface area contributed by atoms with Gasteiger partial charge in [0.15, 0.2) is 0 Å². The van der Waals surface area contributed by atoms with E-state index in [1.54, 1.807) is 0 Å². The number of nitrogens with zero attached hydrogens (tertiary/aromatic N) is 1. The first-order valence-electron chi connectivity index (χ1n) is 6.97. The summed E-state index contributed by atoms with van der Waals surface area (Å²) < 4.78 is 4.94. The Balaban J connectivity index is 1.64. The molecule has 0 spiro atoms. The van der Waals surface area contributed by atoms with Crippen LogP contribution in [0.25, 0.3) is 6.08 Å². The third-order valence-electron chi connectivity index (χ3n) is 3.56. The molecule has 1 N–H and O–H groups in total. The summed E-state index contributed by atoms with van der Waals surface area (Å²) in [6.45, 7) is 0. The first-order valence-corrected chi connectivity index (χ1v) is 6.97. The van der Waals surface area contributed by atoms with Gasteiger partial charge in [-0.25, -0.2) is 0 Å². The minimum Gasteiger partial charge on any atom is -0.401 e. The van der Waals surface area contributed by atoms with Gasteiger partial charge in [-0.05, 0) is 54.7 Å². The maximum absolute atomic E-state index is 11.9. The number of benzene rings is 1.